The van der Waals surface area contributed by atoms with E-state index in [1.807, 2.05) is 48.5 Å². The number of rotatable bonds is 13. The number of carboxylic acid groups (broad SMARTS) is 2. The van der Waals surface area contributed by atoms with Gasteiger partial charge in [-0.15, -0.1) is 12.4 Å². The zero-order valence-electron chi connectivity index (χ0n) is 23.8. The van der Waals surface area contributed by atoms with Crippen LogP contribution in [0.1, 0.15) is 77.9 Å². The third kappa shape index (κ3) is 10.6. The van der Waals surface area contributed by atoms with E-state index in [4.69, 9.17) is 9.84 Å². The van der Waals surface area contributed by atoms with Gasteiger partial charge in [0.25, 0.3) is 0 Å². The minimum absolute atomic E-state index is 0. The SMILES string of the molecule is Cl.O=C(O)CCCCN(Cc1ccc(C(=O)O)cc1)Cc1cccc(Oc2ccc(C3CCC(C(F)(F)F)CC3)cc2)c1. The van der Waals surface area contributed by atoms with Gasteiger partial charge in [0.1, 0.15) is 11.5 Å². The lowest BCUT2D eigenvalue weighted by molar-refractivity contribution is -0.182. The molecule has 3 aromatic carbocycles. The highest BCUT2D eigenvalue weighted by molar-refractivity contribution is 5.87. The van der Waals surface area contributed by atoms with Gasteiger partial charge in [-0.05, 0) is 104 Å². The summed E-state index contributed by atoms with van der Waals surface area (Å²) in [5, 5.41) is 18.2. The number of hydrogen-bond donors (Lipinski definition) is 2. The molecule has 0 saturated heterocycles. The summed E-state index contributed by atoms with van der Waals surface area (Å²) in [6, 6.07) is 22.0. The van der Waals surface area contributed by atoms with Gasteiger partial charge >= 0.3 is 18.1 Å². The van der Waals surface area contributed by atoms with Gasteiger partial charge in [0.05, 0.1) is 11.5 Å². The van der Waals surface area contributed by atoms with E-state index in [0.29, 0.717) is 56.8 Å². The van der Waals surface area contributed by atoms with Crippen LogP contribution in [0.5, 0.6) is 11.5 Å². The van der Waals surface area contributed by atoms with Crippen LogP contribution >= 0.6 is 12.4 Å². The normalized spacial score (nSPS) is 16.8. The fourth-order valence-electron chi connectivity index (χ4n) is 5.50. The summed E-state index contributed by atoms with van der Waals surface area (Å²) < 4.78 is 45.1. The summed E-state index contributed by atoms with van der Waals surface area (Å²) in [5.74, 6) is -1.57. The second-order valence-corrected chi connectivity index (χ2v) is 11.0. The molecule has 10 heteroatoms. The van der Waals surface area contributed by atoms with Crippen LogP contribution in [0, 0.1) is 5.92 Å². The first kappa shape index (κ1) is 33.9. The van der Waals surface area contributed by atoms with Crippen LogP contribution in [0.2, 0.25) is 0 Å². The van der Waals surface area contributed by atoms with E-state index in [9.17, 15) is 27.9 Å². The van der Waals surface area contributed by atoms with Crippen molar-refractivity contribution in [2.24, 2.45) is 5.92 Å². The fraction of sp³-hybridized carbons (Fsp3) is 0.394. The molecule has 0 unspecified atom stereocenters. The molecule has 0 radical (unpaired) electrons. The Bertz CT molecular complexity index is 1320. The first-order valence-corrected chi connectivity index (χ1v) is 14.3. The zero-order valence-corrected chi connectivity index (χ0v) is 24.6. The molecule has 2 N–H and O–H groups in total. The summed E-state index contributed by atoms with van der Waals surface area (Å²) in [7, 11) is 0. The van der Waals surface area contributed by atoms with Crippen molar-refractivity contribution in [3.8, 4) is 11.5 Å². The lowest BCUT2D eigenvalue weighted by Gasteiger charge is -2.30. The molecule has 4 rings (SSSR count). The quantitative estimate of drug-likeness (QED) is 0.186. The van der Waals surface area contributed by atoms with Crippen molar-refractivity contribution in [3.05, 3.63) is 95.1 Å². The fourth-order valence-corrected chi connectivity index (χ4v) is 5.50. The van der Waals surface area contributed by atoms with Crippen molar-refractivity contribution >= 4 is 24.3 Å². The number of aliphatic carboxylic acids is 1. The lowest BCUT2D eigenvalue weighted by atomic mass is 9.78. The molecule has 1 saturated carbocycles. The van der Waals surface area contributed by atoms with Gasteiger partial charge in [0, 0.05) is 19.5 Å². The van der Waals surface area contributed by atoms with E-state index in [1.54, 1.807) is 24.3 Å². The summed E-state index contributed by atoms with van der Waals surface area (Å²) in [6.07, 6.45) is -1.33. The third-order valence-electron chi connectivity index (χ3n) is 7.80. The largest absolute Gasteiger partial charge is 0.481 e. The molecular formula is C33H37ClF3NO5. The van der Waals surface area contributed by atoms with Gasteiger partial charge in [-0.2, -0.15) is 13.2 Å². The van der Waals surface area contributed by atoms with Crippen LogP contribution in [0.25, 0.3) is 0 Å². The summed E-state index contributed by atoms with van der Waals surface area (Å²) >= 11 is 0. The van der Waals surface area contributed by atoms with Crippen molar-refractivity contribution < 1.29 is 37.7 Å². The molecule has 1 aliphatic carbocycles. The number of ether oxygens (including phenoxy) is 1. The minimum atomic E-state index is -4.11. The van der Waals surface area contributed by atoms with Crippen molar-refractivity contribution in [1.29, 1.82) is 0 Å². The summed E-state index contributed by atoms with van der Waals surface area (Å²) in [5.41, 5.74) is 3.22. The van der Waals surface area contributed by atoms with Gasteiger partial charge in [-0.25, -0.2) is 4.79 Å². The Morgan fingerprint density at radius 1 is 0.814 bits per heavy atom. The second-order valence-electron chi connectivity index (χ2n) is 11.0. The number of carbonyl (C=O) groups is 2. The maximum atomic E-state index is 13.0. The Labute approximate surface area is 255 Å². The lowest BCUT2D eigenvalue weighted by Crippen LogP contribution is -2.27. The molecule has 0 heterocycles. The molecule has 3 aromatic rings. The highest BCUT2D eigenvalue weighted by Crippen LogP contribution is 2.43. The molecule has 6 nitrogen and oxygen atoms in total. The van der Waals surface area contributed by atoms with E-state index < -0.39 is 24.0 Å². The molecule has 0 spiro atoms. The number of alkyl halides is 3. The molecule has 232 valence electrons. The van der Waals surface area contributed by atoms with Crippen molar-refractivity contribution in [2.75, 3.05) is 6.54 Å². The Kier molecular flexibility index (Phi) is 12.5. The molecular weight excluding hydrogens is 583 g/mol. The van der Waals surface area contributed by atoms with Crippen molar-refractivity contribution in [1.82, 2.24) is 4.90 Å². The van der Waals surface area contributed by atoms with E-state index in [-0.39, 0.29) is 43.2 Å². The summed E-state index contributed by atoms with van der Waals surface area (Å²) in [4.78, 5) is 24.3. The highest BCUT2D eigenvalue weighted by atomic mass is 35.5. The molecule has 1 aliphatic rings. The minimum Gasteiger partial charge on any atom is -0.481 e. The van der Waals surface area contributed by atoms with Crippen LogP contribution in [0.15, 0.2) is 72.8 Å². The maximum absolute atomic E-state index is 13.0. The number of unbranched alkanes of at least 4 members (excludes halogenated alkanes) is 1. The van der Waals surface area contributed by atoms with Gasteiger partial charge in [-0.3, -0.25) is 9.69 Å². The van der Waals surface area contributed by atoms with Gasteiger partial charge in [-0.1, -0.05) is 36.4 Å². The van der Waals surface area contributed by atoms with Gasteiger partial charge < -0.3 is 14.9 Å². The number of hydrogen-bond acceptors (Lipinski definition) is 4. The first-order valence-electron chi connectivity index (χ1n) is 14.3. The molecule has 0 aromatic heterocycles. The number of nitrogens with zero attached hydrogens (tertiary/aromatic N) is 1. The Morgan fingerprint density at radius 2 is 1.47 bits per heavy atom. The molecule has 1 fully saturated rings. The van der Waals surface area contributed by atoms with Gasteiger partial charge in [0.2, 0.25) is 0 Å². The maximum Gasteiger partial charge on any atom is 0.391 e. The molecule has 0 bridgehead atoms. The number of halogens is 4. The zero-order chi connectivity index (χ0) is 30.1. The first-order chi connectivity index (χ1) is 20.1. The van der Waals surface area contributed by atoms with Crippen LogP contribution in [0.4, 0.5) is 13.2 Å². The standard InChI is InChI=1S/C33H36F3NO5.ClH/c34-33(35,36)28-15-11-25(12-16-28)26-13-17-29(18-14-26)42-30-5-3-4-24(20-30)22-37(19-2-1-6-31(38)39)21-23-7-9-27(10-8-23)32(40)41;/h3-5,7-10,13-14,17-18,20,25,28H,1-2,6,11-12,15-16,19,21-22H2,(H,38,39)(H,40,41);1H. The Morgan fingerprint density at radius 3 is 2.07 bits per heavy atom. The summed E-state index contributed by atoms with van der Waals surface area (Å²) in [6.45, 7) is 1.83. The smallest absolute Gasteiger partial charge is 0.391 e. The average molecular weight is 620 g/mol. The van der Waals surface area contributed by atoms with E-state index in [0.717, 1.165) is 16.7 Å². The third-order valence-corrected chi connectivity index (χ3v) is 7.80. The highest BCUT2D eigenvalue weighted by Gasteiger charge is 2.41. The molecule has 43 heavy (non-hydrogen) atoms. The monoisotopic (exact) mass is 619 g/mol. The topological polar surface area (TPSA) is 87.1 Å². The van der Waals surface area contributed by atoms with E-state index in [1.165, 1.54) is 0 Å². The van der Waals surface area contributed by atoms with Crippen molar-refractivity contribution in [2.45, 2.75) is 70.1 Å². The second kappa shape index (κ2) is 15.8. The average Bonchev–Trinajstić information content (AvgIpc) is 2.96. The van der Waals surface area contributed by atoms with Crippen LogP contribution in [0.3, 0.4) is 0 Å². The predicted octanol–water partition coefficient (Wildman–Crippen LogP) is 8.69. The molecule has 0 atom stereocenters. The number of carboxylic acids is 2. The van der Waals surface area contributed by atoms with Crippen LogP contribution in [-0.2, 0) is 17.9 Å². The number of aromatic carboxylic acids is 1. The van der Waals surface area contributed by atoms with Crippen molar-refractivity contribution in [3.63, 3.8) is 0 Å². The molecule has 0 aliphatic heterocycles. The van der Waals surface area contributed by atoms with E-state index >= 15 is 0 Å². The predicted molar refractivity (Wildman–Crippen MR) is 160 cm³/mol. The Balaban J connectivity index is 0.00000506. The van der Waals surface area contributed by atoms with Crippen LogP contribution < -0.4 is 4.74 Å². The van der Waals surface area contributed by atoms with Crippen LogP contribution in [-0.4, -0.2) is 39.8 Å². The Hall–Kier alpha value is -3.56. The van der Waals surface area contributed by atoms with E-state index in [2.05, 4.69) is 4.90 Å². The van der Waals surface area contributed by atoms with Gasteiger partial charge in [0.15, 0.2) is 0 Å². The molecule has 0 amide bonds. The number of benzene rings is 3.